The fourth-order valence-electron chi connectivity index (χ4n) is 1.49. The average molecular weight is 288 g/mol. The first-order valence-corrected chi connectivity index (χ1v) is 7.16. The Bertz CT molecular complexity index is 492. The van der Waals surface area contributed by atoms with Gasteiger partial charge in [-0.05, 0) is 0 Å². The van der Waals surface area contributed by atoms with Crippen LogP contribution >= 0.6 is 0 Å². The van der Waals surface area contributed by atoms with Crippen molar-refractivity contribution in [2.24, 2.45) is 0 Å². The summed E-state index contributed by atoms with van der Waals surface area (Å²) in [5, 5.41) is 13.9. The van der Waals surface area contributed by atoms with E-state index in [4.69, 9.17) is 9.47 Å². The summed E-state index contributed by atoms with van der Waals surface area (Å²) in [5.74, 6) is 1.10. The van der Waals surface area contributed by atoms with Crippen LogP contribution in [0.1, 0.15) is 0 Å². The summed E-state index contributed by atoms with van der Waals surface area (Å²) in [7, 11) is 1.91. The zero-order valence-electron chi connectivity index (χ0n) is 11.0. The van der Waals surface area contributed by atoms with Gasteiger partial charge in [0, 0.05) is 35.4 Å². The second-order valence-corrected chi connectivity index (χ2v) is 5.24. The fourth-order valence-corrected chi connectivity index (χ4v) is 1.88. The lowest BCUT2D eigenvalue weighted by Gasteiger charge is -2.11. The van der Waals surface area contributed by atoms with E-state index < -0.39 is 15.7 Å². The molecule has 8 heteroatoms. The number of nitro benzene ring substituents is 1. The quantitative estimate of drug-likeness (QED) is 0.602. The molecular formula is C11H16N2O5S. The average Bonchev–Trinajstić information content (AvgIpc) is 2.37. The van der Waals surface area contributed by atoms with Crippen LogP contribution in [0.5, 0.6) is 11.5 Å². The molecule has 0 heterocycles. The topological polar surface area (TPSA) is 90.7 Å². The number of nitrogens with one attached hydrogen (secondary N) is 1. The van der Waals surface area contributed by atoms with E-state index in [1.54, 1.807) is 6.26 Å². The summed E-state index contributed by atoms with van der Waals surface area (Å²) in [6, 6.07) is 2.79. The van der Waals surface area contributed by atoms with E-state index in [1.807, 2.05) is 0 Å². The van der Waals surface area contributed by atoms with Gasteiger partial charge in [-0.2, -0.15) is 0 Å². The van der Waals surface area contributed by atoms with Crippen molar-refractivity contribution in [2.45, 2.75) is 0 Å². The SMILES string of the molecule is COc1cc(NCCS(C)=O)c([N+](=O)[O-])cc1OC. The zero-order valence-corrected chi connectivity index (χ0v) is 11.8. The third-order valence-electron chi connectivity index (χ3n) is 2.40. The molecule has 1 aromatic rings. The third-order valence-corrected chi connectivity index (χ3v) is 3.18. The molecule has 0 amide bonds. The van der Waals surface area contributed by atoms with Gasteiger partial charge in [0.1, 0.15) is 5.69 Å². The molecule has 0 saturated carbocycles. The number of hydrogen-bond donors (Lipinski definition) is 1. The van der Waals surface area contributed by atoms with Crippen LogP contribution in [-0.2, 0) is 10.8 Å². The van der Waals surface area contributed by atoms with Gasteiger partial charge in [0.25, 0.3) is 5.69 Å². The summed E-state index contributed by atoms with van der Waals surface area (Å²) in [6.45, 7) is 0.374. The highest BCUT2D eigenvalue weighted by Gasteiger charge is 2.19. The third kappa shape index (κ3) is 4.09. The highest BCUT2D eigenvalue weighted by Crippen LogP contribution is 2.37. The van der Waals surface area contributed by atoms with Crippen molar-refractivity contribution in [1.29, 1.82) is 0 Å². The van der Waals surface area contributed by atoms with E-state index in [1.165, 1.54) is 26.4 Å². The monoisotopic (exact) mass is 288 g/mol. The largest absolute Gasteiger partial charge is 0.493 e. The Labute approximate surface area is 113 Å². The Morgan fingerprint density at radius 1 is 1.32 bits per heavy atom. The van der Waals surface area contributed by atoms with E-state index in [2.05, 4.69) is 5.32 Å². The molecule has 0 aromatic heterocycles. The van der Waals surface area contributed by atoms with Gasteiger partial charge in [0.2, 0.25) is 0 Å². The molecule has 7 nitrogen and oxygen atoms in total. The van der Waals surface area contributed by atoms with Gasteiger partial charge in [-0.1, -0.05) is 0 Å². The lowest BCUT2D eigenvalue weighted by Crippen LogP contribution is -2.11. The minimum atomic E-state index is -0.958. The normalized spacial score (nSPS) is 11.7. The second kappa shape index (κ2) is 6.93. The van der Waals surface area contributed by atoms with E-state index in [-0.39, 0.29) is 5.69 Å². The van der Waals surface area contributed by atoms with E-state index >= 15 is 0 Å². The van der Waals surface area contributed by atoms with Gasteiger partial charge in [-0.3, -0.25) is 14.3 Å². The van der Waals surface area contributed by atoms with Gasteiger partial charge in [-0.15, -0.1) is 0 Å². The molecule has 0 radical (unpaired) electrons. The lowest BCUT2D eigenvalue weighted by molar-refractivity contribution is -0.384. The van der Waals surface area contributed by atoms with Crippen molar-refractivity contribution in [3.63, 3.8) is 0 Å². The summed E-state index contributed by atoms with van der Waals surface area (Å²) < 4.78 is 21.1. The van der Waals surface area contributed by atoms with Crippen LogP contribution in [0, 0.1) is 10.1 Å². The summed E-state index contributed by atoms with van der Waals surface area (Å²) in [4.78, 5) is 10.5. The van der Waals surface area contributed by atoms with Crippen LogP contribution in [0.4, 0.5) is 11.4 Å². The predicted octanol–water partition coefficient (Wildman–Crippen LogP) is 1.40. The minimum absolute atomic E-state index is 0.112. The molecular weight excluding hydrogens is 272 g/mol. The molecule has 1 unspecified atom stereocenters. The maximum Gasteiger partial charge on any atom is 0.296 e. The Kier molecular flexibility index (Phi) is 5.56. The zero-order chi connectivity index (χ0) is 14.4. The smallest absolute Gasteiger partial charge is 0.296 e. The molecule has 0 bridgehead atoms. The maximum absolute atomic E-state index is 11.0. The van der Waals surface area contributed by atoms with Crippen molar-refractivity contribution < 1.29 is 18.6 Å². The molecule has 0 aliphatic heterocycles. The fraction of sp³-hybridized carbons (Fsp3) is 0.455. The molecule has 1 N–H and O–H groups in total. The lowest BCUT2D eigenvalue weighted by atomic mass is 10.2. The molecule has 19 heavy (non-hydrogen) atoms. The molecule has 0 saturated heterocycles. The van der Waals surface area contributed by atoms with Gasteiger partial charge in [-0.25, -0.2) is 0 Å². The Hall–Kier alpha value is -1.83. The van der Waals surface area contributed by atoms with Crippen molar-refractivity contribution in [3.05, 3.63) is 22.2 Å². The minimum Gasteiger partial charge on any atom is -0.493 e. The number of benzene rings is 1. The predicted molar refractivity (Wildman–Crippen MR) is 73.6 cm³/mol. The van der Waals surface area contributed by atoms with Crippen LogP contribution in [0.2, 0.25) is 0 Å². The second-order valence-electron chi connectivity index (χ2n) is 3.69. The van der Waals surface area contributed by atoms with Crippen LogP contribution in [0.15, 0.2) is 12.1 Å². The van der Waals surface area contributed by atoms with Crippen LogP contribution < -0.4 is 14.8 Å². The number of nitro groups is 1. The number of nitrogens with zero attached hydrogens (tertiary/aromatic N) is 1. The summed E-state index contributed by atoms with van der Waals surface area (Å²) in [6.07, 6.45) is 1.57. The Morgan fingerprint density at radius 3 is 2.37 bits per heavy atom. The van der Waals surface area contributed by atoms with Gasteiger partial charge < -0.3 is 14.8 Å². The van der Waals surface area contributed by atoms with E-state index in [0.717, 1.165) is 0 Å². The molecule has 0 fully saturated rings. The van der Waals surface area contributed by atoms with Crippen LogP contribution in [-0.4, -0.2) is 41.9 Å². The number of hydrogen-bond acceptors (Lipinski definition) is 6. The number of ether oxygens (including phenoxy) is 2. The van der Waals surface area contributed by atoms with Crippen LogP contribution in [0.25, 0.3) is 0 Å². The molecule has 106 valence electrons. The van der Waals surface area contributed by atoms with E-state index in [9.17, 15) is 14.3 Å². The maximum atomic E-state index is 11.0. The number of methoxy groups -OCH3 is 2. The Morgan fingerprint density at radius 2 is 1.89 bits per heavy atom. The number of rotatable bonds is 7. The highest BCUT2D eigenvalue weighted by molar-refractivity contribution is 7.84. The standard InChI is InChI=1S/C11H16N2O5S/c1-17-10-6-8(12-4-5-19(3)16)9(13(14)15)7-11(10)18-2/h6-7,12H,4-5H2,1-3H3. The van der Waals surface area contributed by atoms with Gasteiger partial charge >= 0.3 is 0 Å². The summed E-state index contributed by atoms with van der Waals surface area (Å²) in [5.41, 5.74) is 0.202. The van der Waals surface area contributed by atoms with Gasteiger partial charge in [0.15, 0.2) is 11.5 Å². The molecule has 0 aliphatic rings. The molecule has 1 atom stereocenters. The number of anilines is 1. The summed E-state index contributed by atoms with van der Waals surface area (Å²) >= 11 is 0. The van der Waals surface area contributed by atoms with E-state index in [0.29, 0.717) is 29.5 Å². The van der Waals surface area contributed by atoms with Crippen molar-refractivity contribution in [1.82, 2.24) is 0 Å². The van der Waals surface area contributed by atoms with Crippen molar-refractivity contribution >= 4 is 22.2 Å². The molecule has 1 aromatic carbocycles. The van der Waals surface area contributed by atoms with Crippen molar-refractivity contribution in [3.8, 4) is 11.5 Å². The molecule has 0 aliphatic carbocycles. The van der Waals surface area contributed by atoms with Gasteiger partial charge in [0.05, 0.1) is 25.2 Å². The first-order chi connectivity index (χ1) is 8.99. The Balaban J connectivity index is 3.05. The van der Waals surface area contributed by atoms with Crippen molar-refractivity contribution in [2.75, 3.05) is 38.1 Å². The molecule has 0 spiro atoms. The van der Waals surface area contributed by atoms with Crippen LogP contribution in [0.3, 0.4) is 0 Å². The first kappa shape index (κ1) is 15.2. The highest BCUT2D eigenvalue weighted by atomic mass is 32.2. The molecule has 1 rings (SSSR count). The first-order valence-electron chi connectivity index (χ1n) is 5.44.